The predicted molar refractivity (Wildman–Crippen MR) is 73.6 cm³/mol. The van der Waals surface area contributed by atoms with E-state index >= 15 is 0 Å². The number of hydrogen-bond acceptors (Lipinski definition) is 4. The van der Waals surface area contributed by atoms with Crippen LogP contribution in [0.3, 0.4) is 0 Å². The minimum absolute atomic E-state index is 0.0201. The number of anilines is 1. The van der Waals surface area contributed by atoms with Gasteiger partial charge in [0.25, 0.3) is 0 Å². The Hall–Kier alpha value is -1.98. The third-order valence-corrected chi connectivity index (χ3v) is 3.00. The van der Waals surface area contributed by atoms with Gasteiger partial charge in [-0.2, -0.15) is 0 Å². The summed E-state index contributed by atoms with van der Waals surface area (Å²) in [6, 6.07) is 10.2. The molecule has 2 aromatic rings. The van der Waals surface area contributed by atoms with Crippen molar-refractivity contribution in [2.24, 2.45) is 5.84 Å². The molecule has 0 radical (unpaired) electrons. The molecule has 0 amide bonds. The molecule has 100 valence electrons. The van der Waals surface area contributed by atoms with Gasteiger partial charge < -0.3 is 5.73 Å². The third-order valence-electron chi connectivity index (χ3n) is 3.00. The van der Waals surface area contributed by atoms with Crippen molar-refractivity contribution >= 4 is 5.82 Å². The van der Waals surface area contributed by atoms with E-state index in [1.54, 1.807) is 12.3 Å². The van der Waals surface area contributed by atoms with Crippen molar-refractivity contribution in [3.63, 3.8) is 0 Å². The minimum atomic E-state index is -0.242. The molecule has 5 heteroatoms. The molecule has 1 aromatic heterocycles. The van der Waals surface area contributed by atoms with Crippen LogP contribution in [0.2, 0.25) is 0 Å². The van der Waals surface area contributed by atoms with Gasteiger partial charge in [-0.15, -0.1) is 0 Å². The molecule has 2 rings (SSSR count). The number of hydrogen-bond donors (Lipinski definition) is 3. The number of hydrazine groups is 1. The average molecular weight is 260 g/mol. The molecule has 0 aliphatic heterocycles. The van der Waals surface area contributed by atoms with Crippen LogP contribution in [0.4, 0.5) is 10.2 Å². The molecule has 5 N–H and O–H groups in total. The van der Waals surface area contributed by atoms with E-state index in [1.165, 1.54) is 12.1 Å². The summed E-state index contributed by atoms with van der Waals surface area (Å²) in [6.07, 6.45) is 2.92. The smallest absolute Gasteiger partial charge is 0.126 e. The molecule has 0 fully saturated rings. The standard InChI is InChI=1S/C14H17FN4/c15-12-5-1-3-10(7-12)8-13(19-17)9-11-4-2-6-18-14(11)16/h1-7,13,19H,8-9,17H2,(H2,16,18). The Bertz CT molecular complexity index is 544. The van der Waals surface area contributed by atoms with Crippen molar-refractivity contribution in [2.45, 2.75) is 18.9 Å². The number of nitrogens with zero attached hydrogens (tertiary/aromatic N) is 1. The molecule has 0 saturated heterocycles. The molecule has 1 heterocycles. The molecular weight excluding hydrogens is 243 g/mol. The largest absolute Gasteiger partial charge is 0.383 e. The van der Waals surface area contributed by atoms with Crippen LogP contribution in [0, 0.1) is 5.82 Å². The van der Waals surface area contributed by atoms with Gasteiger partial charge in [0, 0.05) is 12.2 Å². The van der Waals surface area contributed by atoms with Crippen molar-refractivity contribution < 1.29 is 4.39 Å². The van der Waals surface area contributed by atoms with Gasteiger partial charge >= 0.3 is 0 Å². The highest BCUT2D eigenvalue weighted by molar-refractivity contribution is 5.39. The van der Waals surface area contributed by atoms with Gasteiger partial charge in [0.2, 0.25) is 0 Å². The maximum Gasteiger partial charge on any atom is 0.126 e. The zero-order valence-corrected chi connectivity index (χ0v) is 10.5. The molecule has 0 aliphatic rings. The summed E-state index contributed by atoms with van der Waals surface area (Å²) in [6.45, 7) is 0. The van der Waals surface area contributed by atoms with Crippen LogP contribution in [0.25, 0.3) is 0 Å². The lowest BCUT2D eigenvalue weighted by molar-refractivity contribution is 0.520. The number of rotatable bonds is 5. The SMILES string of the molecule is NNC(Cc1cccc(F)c1)Cc1cccnc1N. The first kappa shape index (κ1) is 13.5. The Balaban J connectivity index is 2.07. The van der Waals surface area contributed by atoms with Crippen LogP contribution in [0.15, 0.2) is 42.6 Å². The van der Waals surface area contributed by atoms with Gasteiger partial charge in [-0.05, 0) is 42.2 Å². The van der Waals surface area contributed by atoms with E-state index < -0.39 is 0 Å². The first-order valence-electron chi connectivity index (χ1n) is 6.09. The van der Waals surface area contributed by atoms with E-state index in [2.05, 4.69) is 10.4 Å². The van der Waals surface area contributed by atoms with E-state index in [4.69, 9.17) is 11.6 Å². The number of nitrogen functional groups attached to an aromatic ring is 1. The van der Waals surface area contributed by atoms with E-state index in [1.807, 2.05) is 18.2 Å². The monoisotopic (exact) mass is 260 g/mol. The zero-order valence-electron chi connectivity index (χ0n) is 10.5. The second-order valence-electron chi connectivity index (χ2n) is 4.45. The average Bonchev–Trinajstić information content (AvgIpc) is 2.40. The fraction of sp³-hybridized carbons (Fsp3) is 0.214. The lowest BCUT2D eigenvalue weighted by Gasteiger charge is -2.16. The topological polar surface area (TPSA) is 77.0 Å². The highest BCUT2D eigenvalue weighted by atomic mass is 19.1. The Labute approximate surface area is 111 Å². The Morgan fingerprint density at radius 2 is 2.05 bits per heavy atom. The Morgan fingerprint density at radius 1 is 1.21 bits per heavy atom. The number of nitrogens with one attached hydrogen (secondary N) is 1. The van der Waals surface area contributed by atoms with Gasteiger partial charge in [-0.25, -0.2) is 9.37 Å². The van der Waals surface area contributed by atoms with Gasteiger partial charge in [-0.1, -0.05) is 18.2 Å². The number of nitrogens with two attached hydrogens (primary N) is 2. The zero-order chi connectivity index (χ0) is 13.7. The maximum absolute atomic E-state index is 13.1. The predicted octanol–water partition coefficient (Wildman–Crippen LogP) is 1.42. The first-order chi connectivity index (χ1) is 9.19. The van der Waals surface area contributed by atoms with Crippen molar-refractivity contribution in [1.29, 1.82) is 0 Å². The van der Waals surface area contributed by atoms with Crippen molar-refractivity contribution in [3.8, 4) is 0 Å². The molecule has 0 aliphatic carbocycles. The highest BCUT2D eigenvalue weighted by Crippen LogP contribution is 2.13. The van der Waals surface area contributed by atoms with Crippen molar-refractivity contribution in [3.05, 3.63) is 59.5 Å². The lowest BCUT2D eigenvalue weighted by atomic mass is 10.00. The molecular formula is C14H17FN4. The molecule has 1 unspecified atom stereocenters. The van der Waals surface area contributed by atoms with Crippen LogP contribution in [-0.2, 0) is 12.8 Å². The van der Waals surface area contributed by atoms with Gasteiger partial charge in [0.1, 0.15) is 11.6 Å². The Morgan fingerprint density at radius 3 is 2.74 bits per heavy atom. The van der Waals surface area contributed by atoms with Crippen molar-refractivity contribution in [1.82, 2.24) is 10.4 Å². The Kier molecular flexibility index (Phi) is 4.43. The number of aromatic nitrogens is 1. The minimum Gasteiger partial charge on any atom is -0.383 e. The summed E-state index contributed by atoms with van der Waals surface area (Å²) >= 11 is 0. The second kappa shape index (κ2) is 6.26. The van der Waals surface area contributed by atoms with Crippen LogP contribution in [-0.4, -0.2) is 11.0 Å². The summed E-state index contributed by atoms with van der Waals surface area (Å²) < 4.78 is 13.1. The first-order valence-corrected chi connectivity index (χ1v) is 6.09. The molecule has 4 nitrogen and oxygen atoms in total. The number of halogens is 1. The van der Waals surface area contributed by atoms with E-state index in [0.29, 0.717) is 18.7 Å². The van der Waals surface area contributed by atoms with Crippen LogP contribution in [0.5, 0.6) is 0 Å². The van der Waals surface area contributed by atoms with E-state index in [-0.39, 0.29) is 11.9 Å². The lowest BCUT2D eigenvalue weighted by Crippen LogP contribution is -2.38. The van der Waals surface area contributed by atoms with Gasteiger partial charge in [0.15, 0.2) is 0 Å². The normalized spacial score (nSPS) is 12.3. The van der Waals surface area contributed by atoms with Crippen LogP contribution in [0.1, 0.15) is 11.1 Å². The third kappa shape index (κ3) is 3.74. The molecule has 0 spiro atoms. The fourth-order valence-electron chi connectivity index (χ4n) is 2.03. The summed E-state index contributed by atoms with van der Waals surface area (Å²) in [4.78, 5) is 4.04. The summed E-state index contributed by atoms with van der Waals surface area (Å²) in [5, 5.41) is 0. The summed E-state index contributed by atoms with van der Waals surface area (Å²) in [5.41, 5.74) is 10.4. The summed E-state index contributed by atoms with van der Waals surface area (Å²) in [7, 11) is 0. The van der Waals surface area contributed by atoms with Gasteiger partial charge in [-0.3, -0.25) is 11.3 Å². The second-order valence-corrected chi connectivity index (χ2v) is 4.45. The molecule has 0 bridgehead atoms. The van der Waals surface area contributed by atoms with Crippen LogP contribution < -0.4 is 17.0 Å². The highest BCUT2D eigenvalue weighted by Gasteiger charge is 2.11. The van der Waals surface area contributed by atoms with E-state index in [0.717, 1.165) is 11.1 Å². The molecule has 19 heavy (non-hydrogen) atoms. The summed E-state index contributed by atoms with van der Waals surface area (Å²) in [5.74, 6) is 5.81. The van der Waals surface area contributed by atoms with Crippen molar-refractivity contribution in [2.75, 3.05) is 5.73 Å². The molecule has 1 aromatic carbocycles. The quantitative estimate of drug-likeness (QED) is 0.561. The molecule has 1 atom stereocenters. The van der Waals surface area contributed by atoms with Crippen LogP contribution >= 0.6 is 0 Å². The maximum atomic E-state index is 13.1. The van der Waals surface area contributed by atoms with E-state index in [9.17, 15) is 4.39 Å². The number of benzene rings is 1. The molecule has 0 saturated carbocycles. The fourth-order valence-corrected chi connectivity index (χ4v) is 2.03. The number of pyridine rings is 1. The van der Waals surface area contributed by atoms with Gasteiger partial charge in [0.05, 0.1) is 0 Å².